The molecule has 0 saturated heterocycles. The van der Waals surface area contributed by atoms with Crippen LogP contribution in [0, 0.1) is 0 Å². The first-order valence-electron chi connectivity index (χ1n) is 6.76. The molecular weight excluding hydrogens is 292 g/mol. The van der Waals surface area contributed by atoms with E-state index in [1.54, 1.807) is 6.33 Å². The maximum absolute atomic E-state index is 12.2. The molecule has 3 aromatic rings. The van der Waals surface area contributed by atoms with Crippen molar-refractivity contribution in [2.24, 2.45) is 0 Å². The third-order valence-corrected chi connectivity index (χ3v) is 3.06. The maximum Gasteiger partial charge on any atom is 0.239 e. The molecule has 0 radical (unpaired) electrons. The number of hydrogen-bond donors (Lipinski definition) is 0. The van der Waals surface area contributed by atoms with E-state index in [0.717, 1.165) is 5.69 Å². The van der Waals surface area contributed by atoms with E-state index < -0.39 is 6.43 Å². The molecule has 0 unspecified atom stereocenters. The van der Waals surface area contributed by atoms with Crippen molar-refractivity contribution >= 4 is 0 Å². The number of para-hydroxylation sites is 1. The summed E-state index contributed by atoms with van der Waals surface area (Å²) in [5.41, 5.74) is 0.920. The van der Waals surface area contributed by atoms with Crippen LogP contribution in [0.5, 0.6) is 0 Å². The van der Waals surface area contributed by atoms with E-state index in [4.69, 9.17) is 4.52 Å². The fourth-order valence-electron chi connectivity index (χ4n) is 2.02. The van der Waals surface area contributed by atoms with E-state index in [1.807, 2.05) is 34.9 Å². The van der Waals surface area contributed by atoms with Gasteiger partial charge < -0.3 is 4.52 Å². The number of hydrogen-bond acceptors (Lipinski definition) is 5. The summed E-state index contributed by atoms with van der Waals surface area (Å²) in [4.78, 5) is 4.10. The van der Waals surface area contributed by atoms with Crippen LogP contribution < -0.4 is 0 Å². The molecule has 22 heavy (non-hydrogen) atoms. The predicted octanol–water partition coefficient (Wildman–Crippen LogP) is 2.44. The van der Waals surface area contributed by atoms with Gasteiger partial charge in [0.15, 0.2) is 5.82 Å². The van der Waals surface area contributed by atoms with Gasteiger partial charge >= 0.3 is 0 Å². The molecule has 0 aliphatic carbocycles. The van der Waals surface area contributed by atoms with Gasteiger partial charge in [0.1, 0.15) is 12.2 Å². The predicted molar refractivity (Wildman–Crippen MR) is 72.8 cm³/mol. The Bertz CT molecular complexity index is 726. The van der Waals surface area contributed by atoms with Gasteiger partial charge in [0, 0.05) is 18.5 Å². The van der Waals surface area contributed by atoms with E-state index in [-0.39, 0.29) is 18.7 Å². The summed E-state index contributed by atoms with van der Waals surface area (Å²) in [7, 11) is 0. The monoisotopic (exact) mass is 305 g/mol. The molecule has 0 atom stereocenters. The van der Waals surface area contributed by atoms with Gasteiger partial charge in [0.25, 0.3) is 0 Å². The highest BCUT2D eigenvalue weighted by atomic mass is 19.3. The molecule has 6 nitrogen and oxygen atoms in total. The Hall–Kier alpha value is -2.64. The summed E-state index contributed by atoms with van der Waals surface area (Å²) in [6, 6.07) is 9.60. The maximum atomic E-state index is 12.2. The molecule has 0 bridgehead atoms. The number of rotatable bonds is 6. The van der Waals surface area contributed by atoms with Crippen LogP contribution in [0.3, 0.4) is 0 Å². The van der Waals surface area contributed by atoms with E-state index in [1.165, 1.54) is 0 Å². The van der Waals surface area contributed by atoms with Gasteiger partial charge in [-0.2, -0.15) is 4.98 Å². The van der Waals surface area contributed by atoms with Crippen LogP contribution in [-0.4, -0.2) is 31.3 Å². The molecule has 2 aromatic heterocycles. The van der Waals surface area contributed by atoms with Crippen molar-refractivity contribution < 1.29 is 13.3 Å². The third kappa shape index (κ3) is 3.33. The highest BCUT2D eigenvalue weighted by Crippen LogP contribution is 2.12. The number of aromatic nitrogens is 5. The Kier molecular flexibility index (Phi) is 4.17. The van der Waals surface area contributed by atoms with Crippen molar-refractivity contribution in [3.05, 3.63) is 54.2 Å². The van der Waals surface area contributed by atoms with Crippen molar-refractivity contribution in [2.45, 2.75) is 25.7 Å². The first-order valence-corrected chi connectivity index (χ1v) is 6.76. The van der Waals surface area contributed by atoms with Crippen molar-refractivity contribution in [3.8, 4) is 5.69 Å². The van der Waals surface area contributed by atoms with Crippen molar-refractivity contribution in [3.63, 3.8) is 0 Å². The summed E-state index contributed by atoms with van der Waals surface area (Å²) in [6.45, 7) is 0. The summed E-state index contributed by atoms with van der Waals surface area (Å²) < 4.78 is 31.1. The zero-order valence-electron chi connectivity index (χ0n) is 11.6. The molecule has 114 valence electrons. The van der Waals surface area contributed by atoms with E-state index in [2.05, 4.69) is 20.3 Å². The number of benzene rings is 1. The van der Waals surface area contributed by atoms with Crippen LogP contribution in [0.1, 0.15) is 24.0 Å². The Morgan fingerprint density at radius 1 is 1.18 bits per heavy atom. The van der Waals surface area contributed by atoms with Gasteiger partial charge in [-0.05, 0) is 12.1 Å². The quantitative estimate of drug-likeness (QED) is 0.699. The zero-order chi connectivity index (χ0) is 15.4. The smallest absolute Gasteiger partial charge is 0.239 e. The third-order valence-electron chi connectivity index (χ3n) is 3.06. The Balaban J connectivity index is 1.73. The molecule has 0 N–H and O–H groups in total. The van der Waals surface area contributed by atoms with E-state index in [9.17, 15) is 8.78 Å². The van der Waals surface area contributed by atoms with Crippen molar-refractivity contribution in [1.82, 2.24) is 24.9 Å². The van der Waals surface area contributed by atoms with Gasteiger partial charge in [0.2, 0.25) is 12.3 Å². The minimum Gasteiger partial charge on any atom is -0.339 e. The lowest BCUT2D eigenvalue weighted by molar-refractivity contribution is 0.134. The van der Waals surface area contributed by atoms with Gasteiger partial charge in [-0.25, -0.2) is 8.78 Å². The Morgan fingerprint density at radius 3 is 2.77 bits per heavy atom. The van der Waals surface area contributed by atoms with Gasteiger partial charge in [-0.3, -0.25) is 4.57 Å². The van der Waals surface area contributed by atoms with E-state index in [0.29, 0.717) is 18.1 Å². The average Bonchev–Trinajstić information content (AvgIpc) is 3.16. The minimum atomic E-state index is -2.38. The normalized spacial score (nSPS) is 11.2. The van der Waals surface area contributed by atoms with Gasteiger partial charge in [-0.15, -0.1) is 10.2 Å². The Morgan fingerprint density at radius 2 is 2.00 bits per heavy atom. The average molecular weight is 305 g/mol. The molecule has 0 spiro atoms. The SMILES string of the molecule is FC(F)CCc1nc(Cc2nncn2-c2ccccc2)no1. The molecule has 8 heteroatoms. The lowest BCUT2D eigenvalue weighted by Gasteiger charge is -2.04. The molecule has 0 aliphatic rings. The highest BCUT2D eigenvalue weighted by molar-refractivity contribution is 5.32. The molecule has 0 saturated carbocycles. The van der Waals surface area contributed by atoms with Crippen LogP contribution in [0.15, 0.2) is 41.2 Å². The van der Waals surface area contributed by atoms with Crippen molar-refractivity contribution in [2.75, 3.05) is 0 Å². The van der Waals surface area contributed by atoms with Crippen LogP contribution in [0.25, 0.3) is 5.69 Å². The first-order chi connectivity index (χ1) is 10.7. The molecule has 0 fully saturated rings. The second-order valence-electron chi connectivity index (χ2n) is 4.66. The molecule has 0 amide bonds. The molecule has 2 heterocycles. The first kappa shape index (κ1) is 14.3. The van der Waals surface area contributed by atoms with E-state index >= 15 is 0 Å². The summed E-state index contributed by atoms with van der Waals surface area (Å²) in [6.07, 6.45) is -0.690. The topological polar surface area (TPSA) is 69.6 Å². The van der Waals surface area contributed by atoms with Gasteiger partial charge in [-0.1, -0.05) is 23.4 Å². The van der Waals surface area contributed by atoms with Crippen LogP contribution in [0.4, 0.5) is 8.78 Å². The summed E-state index contributed by atoms with van der Waals surface area (Å²) in [5.74, 6) is 1.25. The number of aryl methyl sites for hydroxylation is 1. The number of alkyl halides is 2. The zero-order valence-corrected chi connectivity index (χ0v) is 11.6. The molecular formula is C14H13F2N5O. The number of nitrogens with zero attached hydrogens (tertiary/aromatic N) is 5. The van der Waals surface area contributed by atoms with Crippen LogP contribution in [0.2, 0.25) is 0 Å². The number of halogens is 2. The minimum absolute atomic E-state index is 0.0655. The van der Waals surface area contributed by atoms with Crippen LogP contribution >= 0.6 is 0 Å². The Labute approximate surface area is 124 Å². The fraction of sp³-hybridized carbons (Fsp3) is 0.286. The lowest BCUT2D eigenvalue weighted by atomic mass is 10.3. The second kappa shape index (κ2) is 6.42. The van der Waals surface area contributed by atoms with Crippen LogP contribution in [-0.2, 0) is 12.8 Å². The summed E-state index contributed by atoms with van der Waals surface area (Å²) in [5, 5.41) is 11.7. The molecule has 3 rings (SSSR count). The second-order valence-corrected chi connectivity index (χ2v) is 4.66. The molecule has 0 aliphatic heterocycles. The largest absolute Gasteiger partial charge is 0.339 e. The highest BCUT2D eigenvalue weighted by Gasteiger charge is 2.13. The van der Waals surface area contributed by atoms with Crippen molar-refractivity contribution in [1.29, 1.82) is 0 Å². The molecule has 1 aromatic carbocycles. The fourth-order valence-corrected chi connectivity index (χ4v) is 2.02. The summed E-state index contributed by atoms with van der Waals surface area (Å²) >= 11 is 0. The van der Waals surface area contributed by atoms with Gasteiger partial charge in [0.05, 0.1) is 6.42 Å². The standard InChI is InChI=1S/C14H13F2N5O/c15-11(16)6-7-14-18-12(20-22-14)8-13-19-17-9-21(13)10-4-2-1-3-5-10/h1-5,9,11H,6-8H2. The lowest BCUT2D eigenvalue weighted by Crippen LogP contribution is -2.02.